The molecule has 1 aliphatic heterocycles. The van der Waals surface area contributed by atoms with Gasteiger partial charge in [0, 0.05) is 31.3 Å². The fraction of sp³-hybridized carbons (Fsp3) is 0.471. The maximum Gasteiger partial charge on any atom is 0.0749 e. The number of unbranched alkanes of at least 4 members (excludes halogenated alkanes) is 2. The molecule has 2 rings (SSSR count). The lowest BCUT2D eigenvalue weighted by Gasteiger charge is -2.34. The highest BCUT2D eigenvalue weighted by molar-refractivity contribution is 5.79. The molecular weight excluding hydrogens is 438 g/mol. The lowest BCUT2D eigenvalue weighted by atomic mass is 9.82. The van der Waals surface area contributed by atoms with E-state index in [0.29, 0.717) is 0 Å². The average Bonchev–Trinajstić information content (AvgIpc) is 2.94. The minimum absolute atomic E-state index is 0.243. The molecule has 0 aromatic heterocycles. The van der Waals surface area contributed by atoms with Crippen LogP contribution in [0.3, 0.4) is 0 Å². The van der Waals surface area contributed by atoms with E-state index < -0.39 is 0 Å². The van der Waals surface area contributed by atoms with Crippen LogP contribution in [-0.4, -0.2) is 30.7 Å². The van der Waals surface area contributed by atoms with Gasteiger partial charge in [-0.1, -0.05) is 126 Å². The summed E-state index contributed by atoms with van der Waals surface area (Å²) in [6.45, 7) is 22.1. The highest BCUT2D eigenvalue weighted by Crippen LogP contribution is 2.38. The molecule has 2 unspecified atom stereocenters. The number of hydrogen-bond acceptors (Lipinski definition) is 2. The maximum absolute atomic E-state index is 6.45. The Balaban J connectivity index is 2.67. The van der Waals surface area contributed by atoms with E-state index in [0.717, 1.165) is 39.0 Å². The molecule has 0 fully saturated rings. The Bertz CT molecular complexity index is 961. The first-order chi connectivity index (χ1) is 17.5. The van der Waals surface area contributed by atoms with Crippen LogP contribution in [0.2, 0.25) is 0 Å². The number of ether oxygens (including phenoxy) is 1. The van der Waals surface area contributed by atoms with Gasteiger partial charge >= 0.3 is 0 Å². The predicted octanol–water partition coefficient (Wildman–Crippen LogP) is 9.39. The van der Waals surface area contributed by atoms with Gasteiger partial charge in [0.05, 0.1) is 6.10 Å². The van der Waals surface area contributed by atoms with Crippen molar-refractivity contribution in [2.24, 2.45) is 5.92 Å². The molecular formula is C34H49NO. The third-order valence-corrected chi connectivity index (χ3v) is 7.23. The van der Waals surface area contributed by atoms with Gasteiger partial charge in [0.15, 0.2) is 0 Å². The lowest BCUT2D eigenvalue weighted by Crippen LogP contribution is -2.35. The van der Waals surface area contributed by atoms with Crippen molar-refractivity contribution in [1.29, 1.82) is 0 Å². The quantitative estimate of drug-likeness (QED) is 0.191. The van der Waals surface area contributed by atoms with E-state index in [9.17, 15) is 0 Å². The summed E-state index contributed by atoms with van der Waals surface area (Å²) in [5.41, 5.74) is 7.92. The Morgan fingerprint density at radius 2 is 1.86 bits per heavy atom. The van der Waals surface area contributed by atoms with E-state index in [-0.39, 0.29) is 12.0 Å². The highest BCUT2D eigenvalue weighted by atomic mass is 16.5. The van der Waals surface area contributed by atoms with Crippen molar-refractivity contribution in [3.8, 4) is 0 Å². The van der Waals surface area contributed by atoms with Crippen molar-refractivity contribution in [2.45, 2.75) is 79.2 Å². The van der Waals surface area contributed by atoms with Gasteiger partial charge in [-0.25, -0.2) is 0 Å². The van der Waals surface area contributed by atoms with Gasteiger partial charge in [-0.15, -0.1) is 0 Å². The lowest BCUT2D eigenvalue weighted by molar-refractivity contribution is 0.0261. The summed E-state index contributed by atoms with van der Waals surface area (Å²) in [4.78, 5) is 2.59. The number of hydrogen-bond donors (Lipinski definition) is 0. The number of benzene rings is 1. The van der Waals surface area contributed by atoms with Crippen LogP contribution in [0.1, 0.15) is 84.3 Å². The van der Waals surface area contributed by atoms with Crippen LogP contribution in [-0.2, 0) is 4.74 Å². The summed E-state index contributed by atoms with van der Waals surface area (Å²) in [5.74, 6) is 0.255. The minimum Gasteiger partial charge on any atom is -0.376 e. The fourth-order valence-electron chi connectivity index (χ4n) is 5.00. The molecule has 0 bridgehead atoms. The molecule has 0 spiro atoms. The summed E-state index contributed by atoms with van der Waals surface area (Å²) in [6, 6.07) is 8.70. The van der Waals surface area contributed by atoms with Crippen LogP contribution >= 0.6 is 0 Å². The van der Waals surface area contributed by atoms with Crippen LogP contribution < -0.4 is 0 Å². The number of rotatable bonds is 14. The number of allylic oxidation sites excluding steroid dienone is 8. The van der Waals surface area contributed by atoms with E-state index in [2.05, 4.69) is 95.2 Å². The first-order valence-corrected chi connectivity index (χ1v) is 14.0. The summed E-state index contributed by atoms with van der Waals surface area (Å²) in [5, 5.41) is 0. The standard InChI is InChI=1S/C34H49NO/c1-8-13-19-30-21-18-24-35(26-31(22-14-9-2)36-25-15-10-3)33(12-5)34(28(7)27(30)6)32-23-17-16-20-29(32)11-4/h8,11,13,16-21,23,28,31H,1,4,9-10,12,14-15,22,24-26H2,2-3,5-7H3/b19-13-,21-18?,30-27-,34-33+. The van der Waals surface area contributed by atoms with Gasteiger partial charge in [0.2, 0.25) is 0 Å². The molecule has 1 aromatic carbocycles. The molecule has 1 aliphatic rings. The van der Waals surface area contributed by atoms with Crippen LogP contribution in [0.25, 0.3) is 11.6 Å². The second-order valence-electron chi connectivity index (χ2n) is 9.76. The van der Waals surface area contributed by atoms with Gasteiger partial charge < -0.3 is 9.64 Å². The molecule has 0 saturated carbocycles. The van der Waals surface area contributed by atoms with Crippen molar-refractivity contribution in [1.82, 2.24) is 4.90 Å². The van der Waals surface area contributed by atoms with E-state index >= 15 is 0 Å². The maximum atomic E-state index is 6.45. The van der Waals surface area contributed by atoms with Gasteiger partial charge in [-0.2, -0.15) is 0 Å². The van der Waals surface area contributed by atoms with Crippen molar-refractivity contribution in [2.75, 3.05) is 19.7 Å². The molecule has 2 nitrogen and oxygen atoms in total. The monoisotopic (exact) mass is 487 g/mol. The SMILES string of the molecule is C=C/C=C\C1=C(/C)C(C)/C(c2ccccc2C=C)=C(/CC)N(CC(CCCC)OCCCC)CC=C1. The molecule has 36 heavy (non-hydrogen) atoms. The zero-order valence-corrected chi connectivity index (χ0v) is 23.6. The molecule has 0 aliphatic carbocycles. The molecule has 2 atom stereocenters. The highest BCUT2D eigenvalue weighted by Gasteiger charge is 2.25. The molecule has 0 N–H and O–H groups in total. The fourth-order valence-corrected chi connectivity index (χ4v) is 5.00. The Morgan fingerprint density at radius 1 is 1.11 bits per heavy atom. The summed E-state index contributed by atoms with van der Waals surface area (Å²) in [7, 11) is 0. The molecule has 1 aromatic rings. The van der Waals surface area contributed by atoms with Gasteiger partial charge in [-0.05, 0) is 48.5 Å². The molecule has 0 amide bonds. The van der Waals surface area contributed by atoms with Crippen LogP contribution in [0.5, 0.6) is 0 Å². The summed E-state index contributed by atoms with van der Waals surface area (Å²) in [6.07, 6.45) is 19.7. The van der Waals surface area contributed by atoms with Gasteiger partial charge in [0.25, 0.3) is 0 Å². The van der Waals surface area contributed by atoms with E-state index in [1.54, 1.807) is 0 Å². The summed E-state index contributed by atoms with van der Waals surface area (Å²) >= 11 is 0. The number of nitrogens with zero attached hydrogens (tertiary/aromatic N) is 1. The van der Waals surface area contributed by atoms with Crippen molar-refractivity contribution in [3.05, 3.63) is 95.8 Å². The minimum atomic E-state index is 0.243. The molecule has 0 saturated heterocycles. The molecule has 196 valence electrons. The van der Waals surface area contributed by atoms with Crippen molar-refractivity contribution in [3.63, 3.8) is 0 Å². The second kappa shape index (κ2) is 16.2. The van der Waals surface area contributed by atoms with Gasteiger partial charge in [0.1, 0.15) is 0 Å². The first-order valence-electron chi connectivity index (χ1n) is 14.0. The van der Waals surface area contributed by atoms with Crippen molar-refractivity contribution >= 4 is 11.6 Å². The van der Waals surface area contributed by atoms with Crippen LogP contribution in [0, 0.1) is 5.92 Å². The Labute approximate surface area is 221 Å². The first kappa shape index (κ1) is 29.6. The second-order valence-corrected chi connectivity index (χ2v) is 9.76. The summed E-state index contributed by atoms with van der Waals surface area (Å²) < 4.78 is 6.45. The van der Waals surface area contributed by atoms with E-state index in [1.165, 1.54) is 52.8 Å². The van der Waals surface area contributed by atoms with Crippen LogP contribution in [0.15, 0.2) is 84.6 Å². The third-order valence-electron chi connectivity index (χ3n) is 7.23. The molecule has 2 heteroatoms. The van der Waals surface area contributed by atoms with E-state index in [1.807, 2.05) is 18.2 Å². The van der Waals surface area contributed by atoms with Gasteiger partial charge in [-0.3, -0.25) is 0 Å². The van der Waals surface area contributed by atoms with E-state index in [4.69, 9.17) is 4.74 Å². The molecule has 1 heterocycles. The van der Waals surface area contributed by atoms with Crippen molar-refractivity contribution < 1.29 is 4.74 Å². The Hall–Kier alpha value is -2.58. The average molecular weight is 488 g/mol. The topological polar surface area (TPSA) is 12.5 Å². The van der Waals surface area contributed by atoms with Crippen LogP contribution in [0.4, 0.5) is 0 Å². The third kappa shape index (κ3) is 8.23. The largest absolute Gasteiger partial charge is 0.376 e. The molecule has 0 radical (unpaired) electrons. The zero-order valence-electron chi connectivity index (χ0n) is 23.6. The smallest absolute Gasteiger partial charge is 0.0749 e. The Kier molecular flexibility index (Phi) is 13.4. The normalized spacial score (nSPS) is 21.8. The Morgan fingerprint density at radius 3 is 2.53 bits per heavy atom. The predicted molar refractivity (Wildman–Crippen MR) is 160 cm³/mol. The zero-order chi connectivity index (χ0) is 26.3.